The second-order valence-corrected chi connectivity index (χ2v) is 7.09. The fourth-order valence-corrected chi connectivity index (χ4v) is 3.77. The zero-order valence-electron chi connectivity index (χ0n) is 13.5. The highest BCUT2D eigenvalue weighted by molar-refractivity contribution is 7.99. The van der Waals surface area contributed by atoms with Gasteiger partial charge in [0.1, 0.15) is 17.7 Å². The molecule has 1 aliphatic rings. The molecule has 0 radical (unpaired) electrons. The molecule has 0 aliphatic carbocycles. The summed E-state index contributed by atoms with van der Waals surface area (Å²) < 4.78 is 5.46. The molecule has 2 rings (SSSR count). The molecule has 0 aromatic heterocycles. The molecule has 3 atom stereocenters. The number of hydrogen-bond acceptors (Lipinski definition) is 4. The molecule has 22 heavy (non-hydrogen) atoms. The molecule has 1 aliphatic heterocycles. The van der Waals surface area contributed by atoms with Gasteiger partial charge in [0, 0.05) is 5.25 Å². The number of hydrogen-bond donors (Lipinski definition) is 1. The van der Waals surface area contributed by atoms with Crippen molar-refractivity contribution in [3.8, 4) is 5.75 Å². The molecule has 3 unspecified atom stereocenters. The Morgan fingerprint density at radius 1 is 1.32 bits per heavy atom. The maximum atomic E-state index is 12.7. The average molecular weight is 321 g/mol. The summed E-state index contributed by atoms with van der Waals surface area (Å²) in [5, 5.41) is 2.96. The normalized spacial score (nSPS) is 22.5. The number of aryl methyl sites for hydroxylation is 1. The van der Waals surface area contributed by atoms with Gasteiger partial charge in [-0.05, 0) is 42.9 Å². The quantitative estimate of drug-likeness (QED) is 0.819. The molecule has 4 nitrogen and oxygen atoms in total. The van der Waals surface area contributed by atoms with Crippen LogP contribution < -0.4 is 10.1 Å². The van der Waals surface area contributed by atoms with E-state index in [4.69, 9.17) is 4.74 Å². The van der Waals surface area contributed by atoms with E-state index in [0.717, 1.165) is 22.6 Å². The Morgan fingerprint density at radius 3 is 2.64 bits per heavy atom. The van der Waals surface area contributed by atoms with Gasteiger partial charge in [0.15, 0.2) is 5.78 Å². The molecular weight excluding hydrogens is 298 g/mol. The Morgan fingerprint density at radius 2 is 2.05 bits per heavy atom. The van der Waals surface area contributed by atoms with Crippen LogP contribution in [0, 0.1) is 6.92 Å². The third-order valence-electron chi connectivity index (χ3n) is 3.91. The van der Waals surface area contributed by atoms with Gasteiger partial charge >= 0.3 is 0 Å². The van der Waals surface area contributed by atoms with Crippen molar-refractivity contribution in [2.75, 3.05) is 12.4 Å². The summed E-state index contributed by atoms with van der Waals surface area (Å²) in [5.41, 5.74) is 1.69. The van der Waals surface area contributed by atoms with Gasteiger partial charge in [-0.15, -0.1) is 0 Å². The van der Waals surface area contributed by atoms with Crippen LogP contribution in [0.4, 0.5) is 0 Å². The first-order valence-electron chi connectivity index (χ1n) is 7.68. The lowest BCUT2D eigenvalue weighted by Crippen LogP contribution is -2.37. The van der Waals surface area contributed by atoms with Crippen molar-refractivity contribution in [2.24, 2.45) is 0 Å². The van der Waals surface area contributed by atoms with Gasteiger partial charge < -0.3 is 10.1 Å². The molecule has 0 saturated carbocycles. The molecule has 1 fully saturated rings. The molecule has 5 heteroatoms. The zero-order chi connectivity index (χ0) is 16.3. The lowest BCUT2D eigenvalue weighted by atomic mass is 9.90. The predicted molar refractivity (Wildman–Crippen MR) is 89.6 cm³/mol. The van der Waals surface area contributed by atoms with Crippen molar-refractivity contribution in [1.82, 2.24) is 5.32 Å². The number of amides is 1. The third-order valence-corrected chi connectivity index (χ3v) is 5.04. The number of carbonyl (C=O) groups is 2. The van der Waals surface area contributed by atoms with Crippen LogP contribution in [0.1, 0.15) is 37.8 Å². The second-order valence-electron chi connectivity index (χ2n) is 5.43. The van der Waals surface area contributed by atoms with E-state index in [-0.39, 0.29) is 16.9 Å². The molecule has 1 heterocycles. The van der Waals surface area contributed by atoms with Crippen LogP contribution in [-0.2, 0) is 9.59 Å². The van der Waals surface area contributed by atoms with Gasteiger partial charge in [-0.1, -0.05) is 19.9 Å². The standard InChI is InChI=1S/C17H23NO3S/c1-5-21-12-7-8-13(10(3)9-12)14-16(19)15(18-17(14)20)11(4)22-6-2/h7-9,11,14-15H,5-6H2,1-4H3,(H,18,20). The highest BCUT2D eigenvalue weighted by Gasteiger charge is 2.44. The smallest absolute Gasteiger partial charge is 0.235 e. The van der Waals surface area contributed by atoms with E-state index >= 15 is 0 Å². The van der Waals surface area contributed by atoms with E-state index in [1.54, 1.807) is 11.8 Å². The lowest BCUT2D eigenvalue weighted by molar-refractivity contribution is -0.124. The highest BCUT2D eigenvalue weighted by Crippen LogP contribution is 2.31. The topological polar surface area (TPSA) is 55.4 Å². The molecule has 1 aromatic carbocycles. The lowest BCUT2D eigenvalue weighted by Gasteiger charge is -2.17. The Bertz CT molecular complexity index is 573. The number of benzene rings is 1. The number of thioether (sulfide) groups is 1. The van der Waals surface area contributed by atoms with Crippen molar-refractivity contribution >= 4 is 23.5 Å². The second kappa shape index (κ2) is 7.18. The molecular formula is C17H23NO3S. The van der Waals surface area contributed by atoms with Gasteiger partial charge in [0.2, 0.25) is 5.91 Å². The zero-order valence-corrected chi connectivity index (χ0v) is 14.3. The summed E-state index contributed by atoms with van der Waals surface area (Å²) in [7, 11) is 0. The molecule has 1 aromatic rings. The van der Waals surface area contributed by atoms with E-state index in [1.807, 2.05) is 39.0 Å². The van der Waals surface area contributed by atoms with Crippen LogP contribution in [0.3, 0.4) is 0 Å². The van der Waals surface area contributed by atoms with Crippen LogP contribution in [0.2, 0.25) is 0 Å². The van der Waals surface area contributed by atoms with Crippen LogP contribution in [0.25, 0.3) is 0 Å². The number of ketones is 1. The number of ether oxygens (including phenoxy) is 1. The van der Waals surface area contributed by atoms with Crippen molar-refractivity contribution < 1.29 is 14.3 Å². The summed E-state index contributed by atoms with van der Waals surface area (Å²) in [6.07, 6.45) is 0. The Kier molecular flexibility index (Phi) is 5.51. The highest BCUT2D eigenvalue weighted by atomic mass is 32.2. The number of Topliss-reactive ketones (excluding diaryl/α,β-unsaturated/α-hetero) is 1. The monoisotopic (exact) mass is 321 g/mol. The Hall–Kier alpha value is -1.49. The van der Waals surface area contributed by atoms with Crippen LogP contribution in [-0.4, -0.2) is 35.3 Å². The fraction of sp³-hybridized carbons (Fsp3) is 0.529. The van der Waals surface area contributed by atoms with Crippen molar-refractivity contribution in [3.63, 3.8) is 0 Å². The summed E-state index contributed by atoms with van der Waals surface area (Å²) >= 11 is 1.69. The van der Waals surface area contributed by atoms with E-state index in [9.17, 15) is 9.59 Å². The number of carbonyl (C=O) groups excluding carboxylic acids is 2. The molecule has 0 bridgehead atoms. The molecule has 1 amide bonds. The fourth-order valence-electron chi connectivity index (χ4n) is 2.85. The number of nitrogens with one attached hydrogen (secondary N) is 1. The Balaban J connectivity index is 2.25. The van der Waals surface area contributed by atoms with Gasteiger partial charge in [-0.3, -0.25) is 9.59 Å². The maximum absolute atomic E-state index is 12.7. The third kappa shape index (κ3) is 3.29. The minimum absolute atomic E-state index is 0.0225. The summed E-state index contributed by atoms with van der Waals surface area (Å²) in [5.74, 6) is 0.784. The van der Waals surface area contributed by atoms with Gasteiger partial charge in [-0.2, -0.15) is 11.8 Å². The minimum atomic E-state index is -0.694. The minimum Gasteiger partial charge on any atom is -0.494 e. The van der Waals surface area contributed by atoms with Crippen molar-refractivity contribution in [2.45, 2.75) is 44.9 Å². The molecule has 0 spiro atoms. The van der Waals surface area contributed by atoms with E-state index in [1.165, 1.54) is 0 Å². The largest absolute Gasteiger partial charge is 0.494 e. The first-order chi connectivity index (χ1) is 10.5. The van der Waals surface area contributed by atoms with E-state index in [2.05, 4.69) is 12.2 Å². The van der Waals surface area contributed by atoms with Gasteiger partial charge in [-0.25, -0.2) is 0 Å². The summed E-state index contributed by atoms with van der Waals surface area (Å²) in [6, 6.07) is 5.15. The van der Waals surface area contributed by atoms with E-state index < -0.39 is 12.0 Å². The maximum Gasteiger partial charge on any atom is 0.235 e. The first-order valence-corrected chi connectivity index (χ1v) is 8.73. The van der Waals surface area contributed by atoms with Crippen molar-refractivity contribution in [1.29, 1.82) is 0 Å². The first kappa shape index (κ1) is 16.9. The van der Waals surface area contributed by atoms with Crippen molar-refractivity contribution in [3.05, 3.63) is 29.3 Å². The van der Waals surface area contributed by atoms with Gasteiger partial charge in [0.25, 0.3) is 0 Å². The predicted octanol–water partition coefficient (Wildman–Crippen LogP) is 2.69. The van der Waals surface area contributed by atoms with Gasteiger partial charge in [0.05, 0.1) is 6.61 Å². The molecule has 1 saturated heterocycles. The summed E-state index contributed by atoms with van der Waals surface area (Å²) in [6.45, 7) is 8.47. The number of rotatable bonds is 6. The molecule has 1 N–H and O–H groups in total. The van der Waals surface area contributed by atoms with E-state index in [0.29, 0.717) is 6.61 Å². The SMILES string of the molecule is CCOc1ccc(C2C(=O)NC(C(C)SCC)C2=O)c(C)c1. The Labute approximate surface area is 136 Å². The molecule has 120 valence electrons. The summed E-state index contributed by atoms with van der Waals surface area (Å²) in [4.78, 5) is 25.0. The van der Waals surface area contributed by atoms with Crippen LogP contribution in [0.5, 0.6) is 5.75 Å². The average Bonchev–Trinajstić information content (AvgIpc) is 2.76. The van der Waals surface area contributed by atoms with Crippen LogP contribution in [0.15, 0.2) is 18.2 Å². The van der Waals surface area contributed by atoms with Crippen LogP contribution >= 0.6 is 11.8 Å².